The van der Waals surface area contributed by atoms with Crippen LogP contribution in [0.3, 0.4) is 0 Å². The van der Waals surface area contributed by atoms with Crippen LogP contribution in [0.25, 0.3) is 0 Å². The molecule has 2 N–H and O–H groups in total. The van der Waals surface area contributed by atoms with E-state index in [1.54, 1.807) is 6.92 Å². The van der Waals surface area contributed by atoms with Crippen LogP contribution in [0.15, 0.2) is 48.5 Å². The molecular weight excluding hydrogens is 276 g/mol. The minimum Gasteiger partial charge on any atom is -0.486 e. The molecule has 1 aliphatic heterocycles. The molecule has 0 saturated carbocycles. The van der Waals surface area contributed by atoms with Crippen molar-refractivity contribution in [2.24, 2.45) is 0 Å². The molecule has 22 heavy (non-hydrogen) atoms. The molecule has 2 atom stereocenters. The van der Waals surface area contributed by atoms with Gasteiger partial charge >= 0.3 is 0 Å². The van der Waals surface area contributed by atoms with Crippen LogP contribution in [0, 0.1) is 0 Å². The van der Waals surface area contributed by atoms with Crippen molar-refractivity contribution < 1.29 is 9.53 Å². The second kappa shape index (κ2) is 5.72. The van der Waals surface area contributed by atoms with Gasteiger partial charge in [0.15, 0.2) is 0 Å². The molecule has 0 radical (unpaired) electrons. The summed E-state index contributed by atoms with van der Waals surface area (Å²) >= 11 is 0. The number of ether oxygens (including phenoxy) is 1. The molecule has 114 valence electrons. The predicted octanol–water partition coefficient (Wildman–Crippen LogP) is 3.53. The summed E-state index contributed by atoms with van der Waals surface area (Å²) in [7, 11) is 0. The van der Waals surface area contributed by atoms with Crippen molar-refractivity contribution in [3.63, 3.8) is 0 Å². The third-order valence-corrected chi connectivity index (χ3v) is 4.04. The van der Waals surface area contributed by atoms with Crippen LogP contribution in [0.1, 0.15) is 31.9 Å². The van der Waals surface area contributed by atoms with Crippen LogP contribution in [0.5, 0.6) is 5.75 Å². The lowest BCUT2D eigenvalue weighted by atomic mass is 9.93. The van der Waals surface area contributed by atoms with Crippen molar-refractivity contribution in [1.82, 2.24) is 0 Å². The number of carbonyl (C=O) groups excluding carboxylic acids is 1. The number of hydrogen-bond acceptors (Lipinski definition) is 3. The summed E-state index contributed by atoms with van der Waals surface area (Å²) in [6, 6.07) is 15.4. The molecular formula is C18H20N2O2. The molecule has 0 saturated heterocycles. The van der Waals surface area contributed by atoms with Gasteiger partial charge in [-0.2, -0.15) is 0 Å². The Kier molecular flexibility index (Phi) is 3.75. The van der Waals surface area contributed by atoms with E-state index in [1.807, 2.05) is 53.4 Å². The molecule has 0 aliphatic carbocycles. The molecule has 0 unspecified atom stereocenters. The number of carbonyl (C=O) groups is 1. The van der Waals surface area contributed by atoms with Crippen molar-refractivity contribution in [3.05, 3.63) is 54.1 Å². The molecule has 1 amide bonds. The summed E-state index contributed by atoms with van der Waals surface area (Å²) in [5, 5.41) is 0. The zero-order chi connectivity index (χ0) is 15.7. The minimum atomic E-state index is -0.0644. The molecule has 0 fully saturated rings. The molecule has 0 aromatic heterocycles. The Morgan fingerprint density at radius 1 is 1.18 bits per heavy atom. The van der Waals surface area contributed by atoms with Gasteiger partial charge in [0, 0.05) is 30.6 Å². The summed E-state index contributed by atoms with van der Waals surface area (Å²) in [6.45, 7) is 3.66. The molecule has 3 rings (SSSR count). The maximum Gasteiger partial charge on any atom is 0.224 e. The zero-order valence-corrected chi connectivity index (χ0v) is 12.8. The van der Waals surface area contributed by atoms with Gasteiger partial charge in [-0.1, -0.05) is 18.2 Å². The van der Waals surface area contributed by atoms with Gasteiger partial charge in [-0.25, -0.2) is 0 Å². The summed E-state index contributed by atoms with van der Waals surface area (Å²) in [5.74, 6) is 0.850. The number of nitrogen functional groups attached to an aromatic ring is 1. The highest BCUT2D eigenvalue weighted by atomic mass is 16.5. The first-order valence-electron chi connectivity index (χ1n) is 7.47. The first-order valence-corrected chi connectivity index (χ1v) is 7.47. The summed E-state index contributed by atoms with van der Waals surface area (Å²) in [6.07, 6.45) is 0.700. The van der Waals surface area contributed by atoms with Gasteiger partial charge < -0.3 is 15.4 Å². The average Bonchev–Trinajstić information content (AvgIpc) is 2.49. The number of nitrogens with zero attached hydrogens (tertiary/aromatic N) is 1. The number of para-hydroxylation sites is 1. The van der Waals surface area contributed by atoms with Gasteiger partial charge in [-0.3, -0.25) is 4.79 Å². The lowest BCUT2D eigenvalue weighted by molar-refractivity contribution is -0.117. The topological polar surface area (TPSA) is 55.6 Å². The Morgan fingerprint density at radius 3 is 2.55 bits per heavy atom. The van der Waals surface area contributed by atoms with E-state index in [0.29, 0.717) is 5.69 Å². The van der Waals surface area contributed by atoms with E-state index in [-0.39, 0.29) is 18.1 Å². The van der Waals surface area contributed by atoms with E-state index < -0.39 is 0 Å². The highest BCUT2D eigenvalue weighted by molar-refractivity contribution is 5.93. The van der Waals surface area contributed by atoms with E-state index >= 15 is 0 Å². The van der Waals surface area contributed by atoms with E-state index in [1.165, 1.54) is 0 Å². The van der Waals surface area contributed by atoms with Crippen LogP contribution in [0.4, 0.5) is 11.4 Å². The molecule has 0 bridgehead atoms. The first-order chi connectivity index (χ1) is 10.6. The van der Waals surface area contributed by atoms with Crippen molar-refractivity contribution in [3.8, 4) is 5.75 Å². The van der Waals surface area contributed by atoms with Gasteiger partial charge in [0.2, 0.25) is 5.91 Å². The molecule has 2 aromatic rings. The molecule has 2 aromatic carbocycles. The van der Waals surface area contributed by atoms with Crippen LogP contribution in [-0.2, 0) is 4.79 Å². The summed E-state index contributed by atoms with van der Waals surface area (Å²) in [5.41, 5.74) is 8.41. The smallest absolute Gasteiger partial charge is 0.224 e. The van der Waals surface area contributed by atoms with E-state index in [4.69, 9.17) is 10.5 Å². The minimum absolute atomic E-state index is 0.0610. The van der Waals surface area contributed by atoms with Crippen molar-refractivity contribution >= 4 is 17.3 Å². The number of anilines is 2. The number of benzene rings is 2. The lowest BCUT2D eigenvalue weighted by Crippen LogP contribution is -2.42. The van der Waals surface area contributed by atoms with E-state index in [9.17, 15) is 4.79 Å². The monoisotopic (exact) mass is 296 g/mol. The summed E-state index contributed by atoms with van der Waals surface area (Å²) < 4.78 is 6.14. The predicted molar refractivity (Wildman–Crippen MR) is 87.9 cm³/mol. The molecule has 1 heterocycles. The van der Waals surface area contributed by atoms with Crippen molar-refractivity contribution in [2.45, 2.75) is 32.4 Å². The molecule has 4 nitrogen and oxygen atoms in total. The number of rotatable bonds is 2. The van der Waals surface area contributed by atoms with Crippen molar-refractivity contribution in [1.29, 1.82) is 0 Å². The fourth-order valence-corrected chi connectivity index (χ4v) is 3.06. The fourth-order valence-electron chi connectivity index (χ4n) is 3.06. The van der Waals surface area contributed by atoms with E-state index in [0.717, 1.165) is 23.4 Å². The Morgan fingerprint density at radius 2 is 1.86 bits per heavy atom. The molecule has 4 heteroatoms. The highest BCUT2D eigenvalue weighted by Gasteiger charge is 2.33. The van der Waals surface area contributed by atoms with Gasteiger partial charge in [0.1, 0.15) is 11.9 Å². The highest BCUT2D eigenvalue weighted by Crippen LogP contribution is 2.39. The van der Waals surface area contributed by atoms with Crippen LogP contribution >= 0.6 is 0 Å². The second-order valence-electron chi connectivity index (χ2n) is 5.71. The SMILES string of the molecule is CC(=O)N1c2ccccc2[C@H](Oc2ccc(N)cc2)C[C@@H]1C. The maximum absolute atomic E-state index is 11.9. The van der Waals surface area contributed by atoms with Gasteiger partial charge in [-0.15, -0.1) is 0 Å². The largest absolute Gasteiger partial charge is 0.486 e. The zero-order valence-electron chi connectivity index (χ0n) is 12.8. The Bertz CT molecular complexity index is 682. The fraction of sp³-hybridized carbons (Fsp3) is 0.278. The Balaban J connectivity index is 1.94. The second-order valence-corrected chi connectivity index (χ2v) is 5.71. The van der Waals surface area contributed by atoms with Gasteiger partial charge in [0.25, 0.3) is 0 Å². The Hall–Kier alpha value is -2.49. The molecule has 1 aliphatic rings. The van der Waals surface area contributed by atoms with Crippen LogP contribution in [0.2, 0.25) is 0 Å². The number of hydrogen-bond donors (Lipinski definition) is 1. The van der Waals surface area contributed by atoms with Crippen molar-refractivity contribution in [2.75, 3.05) is 10.6 Å². The number of nitrogens with two attached hydrogens (primary N) is 1. The first kappa shape index (κ1) is 14.4. The Labute approximate surface area is 130 Å². The lowest BCUT2D eigenvalue weighted by Gasteiger charge is -2.38. The third-order valence-electron chi connectivity index (χ3n) is 4.04. The standard InChI is InChI=1S/C18H20N2O2/c1-12-11-18(22-15-9-7-14(19)8-10-15)16-5-3-4-6-17(16)20(12)13(2)21/h3-10,12,18H,11,19H2,1-2H3/t12-,18+/m0/s1. The van der Waals surface area contributed by atoms with Gasteiger partial charge in [-0.05, 0) is 37.3 Å². The average molecular weight is 296 g/mol. The maximum atomic E-state index is 11.9. The van der Waals surface area contributed by atoms with Crippen LogP contribution < -0.4 is 15.4 Å². The number of amides is 1. The summed E-state index contributed by atoms with van der Waals surface area (Å²) in [4.78, 5) is 13.8. The third kappa shape index (κ3) is 2.64. The van der Waals surface area contributed by atoms with Gasteiger partial charge in [0.05, 0.1) is 5.69 Å². The number of fused-ring (bicyclic) bond motifs is 1. The van der Waals surface area contributed by atoms with E-state index in [2.05, 4.69) is 6.92 Å². The quantitative estimate of drug-likeness (QED) is 0.862. The molecule has 0 spiro atoms. The normalized spacial score (nSPS) is 20.4. The van der Waals surface area contributed by atoms with Crippen LogP contribution in [-0.4, -0.2) is 11.9 Å².